The second-order valence-corrected chi connectivity index (χ2v) is 8.66. The Morgan fingerprint density at radius 1 is 1.00 bits per heavy atom. The van der Waals surface area contributed by atoms with Gasteiger partial charge in [-0.2, -0.15) is 8.78 Å². The summed E-state index contributed by atoms with van der Waals surface area (Å²) in [7, 11) is 0. The van der Waals surface area contributed by atoms with E-state index in [-0.39, 0.29) is 29.6 Å². The number of likely N-dealkylation sites (tertiary alicyclic amines) is 1. The summed E-state index contributed by atoms with van der Waals surface area (Å²) < 4.78 is 45.6. The molecule has 0 saturated carbocycles. The Morgan fingerprint density at radius 2 is 1.67 bits per heavy atom. The van der Waals surface area contributed by atoms with Gasteiger partial charge in [0.1, 0.15) is 5.82 Å². The van der Waals surface area contributed by atoms with Crippen LogP contribution in [0.5, 0.6) is 0 Å². The van der Waals surface area contributed by atoms with Crippen LogP contribution in [0.15, 0.2) is 46.9 Å². The number of benzene rings is 2. The topological polar surface area (TPSA) is 65.7 Å². The van der Waals surface area contributed by atoms with Crippen LogP contribution in [0.1, 0.15) is 51.0 Å². The number of rotatable bonds is 8. The van der Waals surface area contributed by atoms with E-state index in [2.05, 4.69) is 28.9 Å². The SMILES string of the molecule is CCN(CC)c1ccc(N(Cc2ccc(-c3nnc(C(F)F)o3)cc2F)C(=O)N2CCCCC2)cc1. The summed E-state index contributed by atoms with van der Waals surface area (Å²) in [6.45, 7) is 7.23. The van der Waals surface area contributed by atoms with E-state index in [1.165, 1.54) is 12.1 Å². The highest BCUT2D eigenvalue weighted by atomic mass is 19.3. The zero-order valence-corrected chi connectivity index (χ0v) is 20.5. The molecule has 4 rings (SSSR count). The minimum absolute atomic E-state index is 0.0121. The summed E-state index contributed by atoms with van der Waals surface area (Å²) in [4.78, 5) is 19.1. The van der Waals surface area contributed by atoms with Crippen LogP contribution >= 0.6 is 0 Å². The lowest BCUT2D eigenvalue weighted by molar-refractivity contribution is 0.116. The lowest BCUT2D eigenvalue weighted by atomic mass is 10.1. The largest absolute Gasteiger partial charge is 0.415 e. The van der Waals surface area contributed by atoms with Gasteiger partial charge in [-0.3, -0.25) is 4.90 Å². The number of aromatic nitrogens is 2. The summed E-state index contributed by atoms with van der Waals surface area (Å²) >= 11 is 0. The number of halogens is 3. The van der Waals surface area contributed by atoms with Crippen LogP contribution in [0.25, 0.3) is 11.5 Å². The minimum atomic E-state index is -2.90. The van der Waals surface area contributed by atoms with Gasteiger partial charge in [0, 0.05) is 48.7 Å². The van der Waals surface area contributed by atoms with Gasteiger partial charge in [0.15, 0.2) is 0 Å². The first kappa shape index (κ1) is 25.5. The van der Waals surface area contributed by atoms with Crippen LogP contribution in [-0.2, 0) is 6.54 Å². The third kappa shape index (κ3) is 5.63. The van der Waals surface area contributed by atoms with Gasteiger partial charge in [-0.25, -0.2) is 9.18 Å². The zero-order chi connectivity index (χ0) is 25.7. The standard InChI is InChI=1S/C26H30F3N5O2/c1-3-32(4-2)20-10-12-21(13-11-20)34(26(35)33-14-6-5-7-15-33)17-19-9-8-18(16-22(19)27)24-30-31-25(36-24)23(28)29/h8-13,16,23H,3-7,14-15,17H2,1-2H3. The van der Waals surface area contributed by atoms with Crippen molar-refractivity contribution in [2.75, 3.05) is 36.0 Å². The third-order valence-corrected chi connectivity index (χ3v) is 6.40. The monoisotopic (exact) mass is 501 g/mol. The molecule has 1 aliphatic rings. The molecule has 10 heteroatoms. The van der Waals surface area contributed by atoms with E-state index in [9.17, 15) is 13.6 Å². The molecule has 36 heavy (non-hydrogen) atoms. The Kier molecular flexibility index (Phi) is 8.12. The first-order valence-electron chi connectivity index (χ1n) is 12.2. The summed E-state index contributed by atoms with van der Waals surface area (Å²) in [5.74, 6) is -1.61. The van der Waals surface area contributed by atoms with E-state index in [0.29, 0.717) is 18.8 Å². The van der Waals surface area contributed by atoms with Crippen LogP contribution in [0.3, 0.4) is 0 Å². The van der Waals surface area contributed by atoms with Crippen molar-refractivity contribution in [3.63, 3.8) is 0 Å². The molecule has 192 valence electrons. The number of piperidine rings is 1. The Labute approximate surface area is 208 Å². The molecular weight excluding hydrogens is 471 g/mol. The summed E-state index contributed by atoms with van der Waals surface area (Å²) in [6.07, 6.45) is 0.0576. The number of amides is 2. The molecule has 0 unspecified atom stereocenters. The number of nitrogens with zero attached hydrogens (tertiary/aromatic N) is 5. The van der Waals surface area contributed by atoms with E-state index in [1.807, 2.05) is 24.3 Å². The molecule has 0 radical (unpaired) electrons. The highest BCUT2D eigenvalue weighted by Gasteiger charge is 2.26. The van der Waals surface area contributed by atoms with Gasteiger partial charge < -0.3 is 14.2 Å². The molecule has 0 atom stereocenters. The highest BCUT2D eigenvalue weighted by Crippen LogP contribution is 2.28. The van der Waals surface area contributed by atoms with Gasteiger partial charge in [0.25, 0.3) is 5.89 Å². The number of urea groups is 1. The van der Waals surface area contributed by atoms with E-state index >= 15 is 4.39 Å². The summed E-state index contributed by atoms with van der Waals surface area (Å²) in [5, 5.41) is 6.86. The lowest BCUT2D eigenvalue weighted by Gasteiger charge is -2.33. The molecule has 2 amide bonds. The quantitative estimate of drug-likeness (QED) is 0.364. The molecule has 0 bridgehead atoms. The van der Waals surface area contributed by atoms with Crippen LogP contribution < -0.4 is 9.80 Å². The zero-order valence-electron chi connectivity index (χ0n) is 20.5. The van der Waals surface area contributed by atoms with Crippen LogP contribution in [0.4, 0.5) is 29.3 Å². The average Bonchev–Trinajstić information content (AvgIpc) is 3.40. The van der Waals surface area contributed by atoms with E-state index in [0.717, 1.165) is 44.1 Å². The highest BCUT2D eigenvalue weighted by molar-refractivity contribution is 5.92. The van der Waals surface area contributed by atoms with Crippen LogP contribution in [0, 0.1) is 5.82 Å². The fourth-order valence-corrected chi connectivity index (χ4v) is 4.38. The van der Waals surface area contributed by atoms with E-state index in [4.69, 9.17) is 4.42 Å². The smallest absolute Gasteiger partial charge is 0.324 e. The average molecular weight is 502 g/mol. The van der Waals surface area contributed by atoms with Crippen molar-refractivity contribution in [1.82, 2.24) is 15.1 Å². The maximum atomic E-state index is 15.1. The van der Waals surface area contributed by atoms with Crippen molar-refractivity contribution < 1.29 is 22.4 Å². The first-order valence-corrected chi connectivity index (χ1v) is 12.2. The molecule has 7 nitrogen and oxygen atoms in total. The van der Waals surface area contributed by atoms with Crippen molar-refractivity contribution >= 4 is 17.4 Å². The minimum Gasteiger partial charge on any atom is -0.415 e. The second-order valence-electron chi connectivity index (χ2n) is 8.66. The summed E-state index contributed by atoms with van der Waals surface area (Å²) in [5.41, 5.74) is 2.19. The molecule has 3 aromatic rings. The Morgan fingerprint density at radius 3 is 2.25 bits per heavy atom. The van der Waals surface area contributed by atoms with Gasteiger partial charge in [-0.1, -0.05) is 6.07 Å². The number of anilines is 2. The van der Waals surface area contributed by atoms with Gasteiger partial charge in [0.05, 0.1) is 6.54 Å². The molecular formula is C26H30F3N5O2. The van der Waals surface area contributed by atoms with Crippen molar-refractivity contribution in [1.29, 1.82) is 0 Å². The van der Waals surface area contributed by atoms with Crippen molar-refractivity contribution in [2.24, 2.45) is 0 Å². The number of hydrogen-bond donors (Lipinski definition) is 0. The molecule has 1 aliphatic heterocycles. The predicted octanol–water partition coefficient (Wildman–Crippen LogP) is 6.27. The lowest BCUT2D eigenvalue weighted by Crippen LogP contribution is -2.45. The maximum absolute atomic E-state index is 15.1. The van der Waals surface area contributed by atoms with Crippen molar-refractivity contribution in [2.45, 2.75) is 46.1 Å². The number of carbonyl (C=O) groups is 1. The van der Waals surface area contributed by atoms with Crippen molar-refractivity contribution in [3.05, 3.63) is 59.7 Å². The molecule has 0 N–H and O–H groups in total. The van der Waals surface area contributed by atoms with Crippen LogP contribution in [-0.4, -0.2) is 47.3 Å². The summed E-state index contributed by atoms with van der Waals surface area (Å²) in [6, 6.07) is 11.7. The fraction of sp³-hybridized carbons (Fsp3) is 0.423. The molecule has 0 aliphatic carbocycles. The molecule has 0 spiro atoms. The third-order valence-electron chi connectivity index (χ3n) is 6.40. The molecule has 2 heterocycles. The Balaban J connectivity index is 1.61. The van der Waals surface area contributed by atoms with E-state index < -0.39 is 18.1 Å². The molecule has 2 aromatic carbocycles. The van der Waals surface area contributed by atoms with Gasteiger partial charge in [-0.15, -0.1) is 10.2 Å². The predicted molar refractivity (Wildman–Crippen MR) is 132 cm³/mol. The molecule has 1 fully saturated rings. The van der Waals surface area contributed by atoms with Crippen LogP contribution in [0.2, 0.25) is 0 Å². The normalized spacial score (nSPS) is 13.8. The molecule has 1 aromatic heterocycles. The number of carbonyl (C=O) groups excluding carboxylic acids is 1. The van der Waals surface area contributed by atoms with E-state index in [1.54, 1.807) is 9.80 Å². The van der Waals surface area contributed by atoms with Crippen molar-refractivity contribution in [3.8, 4) is 11.5 Å². The molecule has 1 saturated heterocycles. The van der Waals surface area contributed by atoms with Gasteiger partial charge >= 0.3 is 12.5 Å². The fourth-order valence-electron chi connectivity index (χ4n) is 4.38. The van der Waals surface area contributed by atoms with Gasteiger partial charge in [-0.05, 0) is 69.5 Å². The Hall–Kier alpha value is -3.56. The number of hydrogen-bond acceptors (Lipinski definition) is 5. The number of alkyl halides is 2. The first-order chi connectivity index (χ1) is 17.4. The Bertz CT molecular complexity index is 1160. The second kappa shape index (κ2) is 11.5. The van der Waals surface area contributed by atoms with Gasteiger partial charge in [0.2, 0.25) is 5.89 Å². The maximum Gasteiger partial charge on any atom is 0.324 e.